The van der Waals surface area contributed by atoms with Crippen molar-refractivity contribution < 1.29 is 13.2 Å². The summed E-state index contributed by atoms with van der Waals surface area (Å²) < 4.78 is 29.4. The van der Waals surface area contributed by atoms with Crippen molar-refractivity contribution in [1.29, 1.82) is 0 Å². The van der Waals surface area contributed by atoms with Crippen molar-refractivity contribution in [2.75, 3.05) is 0 Å². The molecule has 3 N–H and O–H groups in total. The minimum Gasteiger partial charge on any atom is -0.361 e. The first-order valence-corrected chi connectivity index (χ1v) is 14.2. The van der Waals surface area contributed by atoms with E-state index < -0.39 is 16.1 Å². The number of carbonyl (C=O) groups is 1. The van der Waals surface area contributed by atoms with Gasteiger partial charge in [0.25, 0.3) is 0 Å². The highest BCUT2D eigenvalue weighted by molar-refractivity contribution is 7.89. The van der Waals surface area contributed by atoms with Crippen molar-refractivity contribution in [2.45, 2.75) is 68.3 Å². The second-order valence-electron chi connectivity index (χ2n) is 11.2. The fraction of sp³-hybridized carbons (Fsp3) is 0.464. The van der Waals surface area contributed by atoms with Gasteiger partial charge in [0.1, 0.15) is 6.04 Å². The van der Waals surface area contributed by atoms with E-state index in [1.165, 1.54) is 19.3 Å². The molecule has 1 amide bonds. The standard InChI is InChI=1S/C28H33N3O3S/c1-18-6-8-23(9-7-18)35(33,34)31-26(13-22-17-29-25-5-3-2-4-24(22)25)27(32)30-28-14-19-10-20(15-28)12-21(11-19)16-28/h2-9,17,19-21,26,29,31H,10-16H2,1H3,(H,30,32)/t19?,20?,21?,26-,28?/m0/s1. The molecule has 0 aliphatic heterocycles. The quantitative estimate of drug-likeness (QED) is 0.456. The number of benzene rings is 2. The average molecular weight is 492 g/mol. The third-order valence-corrected chi connectivity index (χ3v) is 9.96. The van der Waals surface area contributed by atoms with E-state index >= 15 is 0 Å². The van der Waals surface area contributed by atoms with E-state index in [4.69, 9.17) is 0 Å². The molecule has 1 heterocycles. The van der Waals surface area contributed by atoms with Crippen molar-refractivity contribution in [1.82, 2.24) is 15.0 Å². The molecule has 35 heavy (non-hydrogen) atoms. The normalized spacial score (nSPS) is 28.3. The van der Waals surface area contributed by atoms with Crippen LogP contribution in [0.5, 0.6) is 0 Å². The summed E-state index contributed by atoms with van der Waals surface area (Å²) in [6, 6.07) is 13.8. The van der Waals surface area contributed by atoms with E-state index in [1.807, 2.05) is 37.4 Å². The molecule has 0 spiro atoms. The van der Waals surface area contributed by atoms with Crippen molar-refractivity contribution in [3.05, 3.63) is 65.9 Å². The maximum atomic E-state index is 13.8. The lowest BCUT2D eigenvalue weighted by atomic mass is 9.53. The van der Waals surface area contributed by atoms with E-state index in [-0.39, 0.29) is 22.8 Å². The lowest BCUT2D eigenvalue weighted by Gasteiger charge is -2.57. The number of hydrogen-bond donors (Lipinski definition) is 3. The van der Waals surface area contributed by atoms with Gasteiger partial charge in [-0.25, -0.2) is 8.42 Å². The predicted molar refractivity (Wildman–Crippen MR) is 136 cm³/mol. The summed E-state index contributed by atoms with van der Waals surface area (Å²) in [5, 5.41) is 4.40. The van der Waals surface area contributed by atoms with Crippen LogP contribution in [0.2, 0.25) is 0 Å². The maximum absolute atomic E-state index is 13.8. The number of sulfonamides is 1. The van der Waals surface area contributed by atoms with E-state index in [2.05, 4.69) is 15.0 Å². The number of para-hydroxylation sites is 1. The molecule has 7 rings (SSSR count). The number of carbonyl (C=O) groups excluding carboxylic acids is 1. The largest absolute Gasteiger partial charge is 0.361 e. The van der Waals surface area contributed by atoms with E-state index in [0.29, 0.717) is 17.8 Å². The SMILES string of the molecule is Cc1ccc(S(=O)(=O)N[C@@H](Cc2c[nH]c3ccccc23)C(=O)NC23CC4CC(CC(C4)C2)C3)cc1. The van der Waals surface area contributed by atoms with E-state index in [9.17, 15) is 13.2 Å². The predicted octanol–water partition coefficient (Wildman–Crippen LogP) is 4.45. The number of hydrogen-bond acceptors (Lipinski definition) is 3. The lowest BCUT2D eigenvalue weighted by Crippen LogP contribution is -2.63. The molecule has 4 saturated carbocycles. The second-order valence-corrected chi connectivity index (χ2v) is 13.0. The maximum Gasteiger partial charge on any atom is 0.241 e. The van der Waals surface area contributed by atoms with Crippen LogP contribution in [0.4, 0.5) is 0 Å². The Morgan fingerprint density at radius 2 is 1.63 bits per heavy atom. The summed E-state index contributed by atoms with van der Waals surface area (Å²) in [4.78, 5) is 17.2. The van der Waals surface area contributed by atoms with Gasteiger partial charge < -0.3 is 10.3 Å². The van der Waals surface area contributed by atoms with Gasteiger partial charge in [-0.3, -0.25) is 4.79 Å². The number of fused-ring (bicyclic) bond motifs is 1. The first-order valence-electron chi connectivity index (χ1n) is 12.7. The summed E-state index contributed by atoms with van der Waals surface area (Å²) >= 11 is 0. The number of aromatic amines is 1. The van der Waals surface area contributed by atoms with Gasteiger partial charge in [0.15, 0.2) is 0 Å². The number of nitrogens with one attached hydrogen (secondary N) is 3. The number of rotatable bonds is 7. The molecule has 0 radical (unpaired) electrons. The second kappa shape index (κ2) is 8.49. The number of amides is 1. The molecule has 4 aliphatic carbocycles. The summed E-state index contributed by atoms with van der Waals surface area (Å²) in [5.74, 6) is 1.86. The highest BCUT2D eigenvalue weighted by Crippen LogP contribution is 2.55. The highest BCUT2D eigenvalue weighted by Gasteiger charge is 2.52. The molecular formula is C28H33N3O3S. The van der Waals surface area contributed by atoms with Gasteiger partial charge in [0, 0.05) is 22.6 Å². The van der Waals surface area contributed by atoms with Crippen molar-refractivity contribution in [3.8, 4) is 0 Å². The molecule has 7 heteroatoms. The van der Waals surface area contributed by atoms with Crippen LogP contribution in [-0.4, -0.2) is 30.9 Å². The van der Waals surface area contributed by atoms with Crippen LogP contribution < -0.4 is 10.0 Å². The minimum atomic E-state index is -3.86. The van der Waals surface area contributed by atoms with E-state index in [1.54, 1.807) is 24.3 Å². The van der Waals surface area contributed by atoms with Gasteiger partial charge in [0.05, 0.1) is 4.90 Å². The Morgan fingerprint density at radius 3 is 2.29 bits per heavy atom. The lowest BCUT2D eigenvalue weighted by molar-refractivity contribution is -0.128. The van der Waals surface area contributed by atoms with Gasteiger partial charge in [-0.15, -0.1) is 0 Å². The third-order valence-electron chi connectivity index (χ3n) is 8.47. The van der Waals surface area contributed by atoms with Crippen LogP contribution in [0.15, 0.2) is 59.6 Å². The smallest absolute Gasteiger partial charge is 0.241 e. The van der Waals surface area contributed by atoms with Gasteiger partial charge >= 0.3 is 0 Å². The Bertz CT molecular complexity index is 1320. The molecule has 3 aromatic rings. The van der Waals surface area contributed by atoms with Gasteiger partial charge in [-0.2, -0.15) is 4.72 Å². The molecule has 2 aromatic carbocycles. The molecule has 4 bridgehead atoms. The summed E-state index contributed by atoms with van der Waals surface area (Å²) in [6.45, 7) is 1.92. The molecule has 4 aliphatic rings. The van der Waals surface area contributed by atoms with Crippen molar-refractivity contribution in [2.24, 2.45) is 17.8 Å². The zero-order valence-electron chi connectivity index (χ0n) is 20.1. The van der Waals surface area contributed by atoms with Crippen LogP contribution >= 0.6 is 0 Å². The van der Waals surface area contributed by atoms with Gasteiger partial charge in [-0.1, -0.05) is 35.9 Å². The molecule has 1 atom stereocenters. The zero-order chi connectivity index (χ0) is 24.2. The summed E-state index contributed by atoms with van der Waals surface area (Å²) in [7, 11) is -3.86. The Morgan fingerprint density at radius 1 is 1.00 bits per heavy atom. The van der Waals surface area contributed by atoms with Crippen molar-refractivity contribution in [3.63, 3.8) is 0 Å². The Kier molecular flexibility index (Phi) is 5.53. The zero-order valence-corrected chi connectivity index (χ0v) is 20.9. The first-order chi connectivity index (χ1) is 16.8. The molecular weight excluding hydrogens is 458 g/mol. The Balaban J connectivity index is 1.29. The van der Waals surface area contributed by atoms with Crippen LogP contribution in [0.3, 0.4) is 0 Å². The number of aromatic nitrogens is 1. The fourth-order valence-corrected chi connectivity index (χ4v) is 8.49. The average Bonchev–Trinajstić information content (AvgIpc) is 3.20. The topological polar surface area (TPSA) is 91.1 Å². The molecule has 6 nitrogen and oxygen atoms in total. The first kappa shape index (κ1) is 22.8. The minimum absolute atomic E-state index is 0.176. The molecule has 0 unspecified atom stereocenters. The fourth-order valence-electron chi connectivity index (χ4n) is 7.29. The highest BCUT2D eigenvalue weighted by atomic mass is 32.2. The summed E-state index contributed by atoms with van der Waals surface area (Å²) in [5.41, 5.74) is 2.71. The number of aryl methyl sites for hydroxylation is 1. The molecule has 1 aromatic heterocycles. The monoisotopic (exact) mass is 491 g/mol. The van der Waals surface area contributed by atoms with Crippen LogP contribution in [-0.2, 0) is 21.2 Å². The number of H-pyrrole nitrogens is 1. The molecule has 0 saturated heterocycles. The van der Waals surface area contributed by atoms with Crippen LogP contribution in [0.25, 0.3) is 10.9 Å². The van der Waals surface area contributed by atoms with Crippen LogP contribution in [0, 0.1) is 24.7 Å². The van der Waals surface area contributed by atoms with Gasteiger partial charge in [0.2, 0.25) is 15.9 Å². The third kappa shape index (κ3) is 4.40. The van der Waals surface area contributed by atoms with E-state index in [0.717, 1.165) is 41.3 Å². The molecule has 184 valence electrons. The summed E-state index contributed by atoms with van der Waals surface area (Å²) in [6.07, 6.45) is 9.10. The van der Waals surface area contributed by atoms with Crippen molar-refractivity contribution >= 4 is 26.8 Å². The molecule has 4 fully saturated rings. The van der Waals surface area contributed by atoms with Crippen LogP contribution in [0.1, 0.15) is 49.7 Å². The Labute approximate surface area is 206 Å². The Hall–Kier alpha value is -2.64. The van der Waals surface area contributed by atoms with Gasteiger partial charge in [-0.05, 0) is 93.4 Å².